The smallest absolute Gasteiger partial charge is 0.251 e. The molecule has 4 N–H and O–H groups in total. The lowest BCUT2D eigenvalue weighted by molar-refractivity contribution is -0.183. The van der Waals surface area contributed by atoms with Gasteiger partial charge in [-0.05, 0) is 92.8 Å². The van der Waals surface area contributed by atoms with Gasteiger partial charge in [-0.25, -0.2) is 0 Å². The molecule has 4 fully saturated rings. The zero-order chi connectivity index (χ0) is 39.6. The third kappa shape index (κ3) is 8.51. The summed E-state index contributed by atoms with van der Waals surface area (Å²) in [6.45, 7) is 8.86. The topological polar surface area (TPSA) is 141 Å². The molecule has 55 heavy (non-hydrogen) atoms. The van der Waals surface area contributed by atoms with Gasteiger partial charge in [0, 0.05) is 46.8 Å². The number of para-hydroxylation sites is 1. The first kappa shape index (κ1) is 40.5. The van der Waals surface area contributed by atoms with Crippen LogP contribution in [-0.4, -0.2) is 103 Å². The zero-order valence-corrected chi connectivity index (χ0v) is 33.2. The van der Waals surface area contributed by atoms with E-state index in [9.17, 15) is 24.6 Å². The van der Waals surface area contributed by atoms with Crippen LogP contribution in [0.3, 0.4) is 0 Å². The minimum atomic E-state index is -0.928. The lowest BCUT2D eigenvalue weighted by atomic mass is 9.45. The fourth-order valence-corrected chi connectivity index (χ4v) is 9.61. The number of aliphatic hydroxyl groups is 2. The van der Waals surface area contributed by atoms with E-state index in [0.717, 1.165) is 18.3 Å². The van der Waals surface area contributed by atoms with E-state index in [-0.39, 0.29) is 42.5 Å². The van der Waals surface area contributed by atoms with Crippen LogP contribution in [0.2, 0.25) is 0 Å². The lowest BCUT2D eigenvalue weighted by Crippen LogP contribution is -2.62. The van der Waals surface area contributed by atoms with Crippen molar-refractivity contribution in [2.75, 3.05) is 34.4 Å². The van der Waals surface area contributed by atoms with E-state index in [1.807, 2.05) is 67.5 Å². The Morgan fingerprint density at radius 3 is 2.45 bits per heavy atom. The van der Waals surface area contributed by atoms with Gasteiger partial charge < -0.3 is 30.5 Å². The van der Waals surface area contributed by atoms with Gasteiger partial charge in [-0.3, -0.25) is 19.2 Å². The molecule has 7 rings (SSSR count). The van der Waals surface area contributed by atoms with Gasteiger partial charge in [0.15, 0.2) is 0 Å². The van der Waals surface area contributed by atoms with E-state index in [4.69, 9.17) is 9.57 Å². The van der Waals surface area contributed by atoms with Gasteiger partial charge in [0.05, 0.1) is 26.4 Å². The molecule has 0 radical (unpaired) electrons. The van der Waals surface area contributed by atoms with Crippen LogP contribution in [0.4, 0.5) is 0 Å². The average molecular weight is 755 g/mol. The Balaban J connectivity index is 1.27. The Morgan fingerprint density at radius 1 is 1.09 bits per heavy atom. The SMILES string of the molecule is COc1c(CN2O[C@@H](CO)[C@@H]([C@H](C)O)[C@H]2C(=O)N[C@H]2C[C@H]3C[C@@H]([C@@H]2C)C3(C)C)cccc1-c1cc(C=O)cc(C(=O)N[C@@H](Cc2ccccc2)CN(C)C)c1. The highest BCUT2D eigenvalue weighted by Crippen LogP contribution is 2.61. The number of amides is 2. The maximum absolute atomic E-state index is 14.2. The molecule has 3 saturated carbocycles. The summed E-state index contributed by atoms with van der Waals surface area (Å²) in [6, 6.07) is 19.6. The highest BCUT2D eigenvalue weighted by Gasteiger charge is 2.57. The number of benzene rings is 3. The number of rotatable bonds is 15. The molecule has 1 aliphatic heterocycles. The standard InChI is InChI=1S/C44H58N4O7/c1-26-36-20-33(44(36,3)4)21-37(26)46-43(53)40-39(27(2)51)38(25-50)55-48(40)22-30-14-11-15-35(41(30)54-7)31-16-29(24-49)17-32(19-31)42(52)45-34(23-47(5)6)18-28-12-9-8-10-13-28/h8-17,19,24,26-27,33-34,36-40,50-51H,18,20-23,25H2,1-7H3,(H,45,52)(H,46,53)/t26-,27-,33+,34-,36-,37-,38-,39+,40-/m0/s1. The third-order valence-corrected chi connectivity index (χ3v) is 12.6. The summed E-state index contributed by atoms with van der Waals surface area (Å²) in [5.74, 6) is 0.683. The number of hydrogen-bond donors (Lipinski definition) is 4. The van der Waals surface area contributed by atoms with Gasteiger partial charge in [-0.15, -0.1) is 0 Å². The first-order valence-electron chi connectivity index (χ1n) is 19.5. The van der Waals surface area contributed by atoms with E-state index in [0.29, 0.717) is 64.3 Å². The van der Waals surface area contributed by atoms with Crippen LogP contribution < -0.4 is 15.4 Å². The highest BCUT2D eigenvalue weighted by atomic mass is 16.7. The number of hydrogen-bond acceptors (Lipinski definition) is 9. The summed E-state index contributed by atoms with van der Waals surface area (Å²) < 4.78 is 6.01. The van der Waals surface area contributed by atoms with Gasteiger partial charge in [0.25, 0.3) is 5.91 Å². The zero-order valence-electron chi connectivity index (χ0n) is 33.2. The maximum Gasteiger partial charge on any atom is 0.251 e. The van der Waals surface area contributed by atoms with E-state index < -0.39 is 24.2 Å². The second-order valence-corrected chi connectivity index (χ2v) is 16.8. The predicted molar refractivity (Wildman–Crippen MR) is 211 cm³/mol. The second-order valence-electron chi connectivity index (χ2n) is 16.8. The average Bonchev–Trinajstić information content (AvgIpc) is 3.53. The Bertz CT molecular complexity index is 1830. The molecular formula is C44H58N4O7. The first-order valence-corrected chi connectivity index (χ1v) is 19.5. The fourth-order valence-electron chi connectivity index (χ4n) is 9.61. The van der Waals surface area contributed by atoms with E-state index in [1.54, 1.807) is 37.3 Å². The van der Waals surface area contributed by atoms with Crippen LogP contribution in [0.1, 0.15) is 72.4 Å². The van der Waals surface area contributed by atoms with E-state index in [1.165, 1.54) is 6.42 Å². The number of likely N-dealkylation sites (N-methyl/N-ethyl adjacent to an activating group) is 1. The number of aldehydes is 1. The molecule has 0 unspecified atom stereocenters. The van der Waals surface area contributed by atoms with Crippen LogP contribution in [0.5, 0.6) is 5.75 Å². The molecule has 3 aromatic rings. The number of hydroxylamine groups is 2. The predicted octanol–water partition coefficient (Wildman–Crippen LogP) is 4.74. The molecule has 11 heteroatoms. The largest absolute Gasteiger partial charge is 0.496 e. The van der Waals surface area contributed by atoms with Crippen LogP contribution in [0.15, 0.2) is 66.7 Å². The van der Waals surface area contributed by atoms with Crippen molar-refractivity contribution in [1.29, 1.82) is 0 Å². The highest BCUT2D eigenvalue weighted by molar-refractivity contribution is 5.98. The fraction of sp³-hybridized carbons (Fsp3) is 0.523. The molecule has 1 saturated heterocycles. The van der Waals surface area contributed by atoms with Crippen molar-refractivity contribution in [2.45, 2.75) is 83.8 Å². The molecule has 2 bridgehead atoms. The number of carbonyl (C=O) groups is 3. The van der Waals surface area contributed by atoms with E-state index >= 15 is 0 Å². The van der Waals surface area contributed by atoms with Crippen molar-refractivity contribution in [3.63, 3.8) is 0 Å². The number of aliphatic hydroxyl groups excluding tert-OH is 2. The summed E-state index contributed by atoms with van der Waals surface area (Å²) in [5.41, 5.74) is 4.00. The number of fused-ring (bicyclic) bond motifs is 2. The molecule has 4 aliphatic rings. The van der Waals surface area contributed by atoms with Crippen molar-refractivity contribution in [3.05, 3.63) is 89.0 Å². The number of methoxy groups -OCH3 is 1. The molecule has 3 aliphatic carbocycles. The number of nitrogens with one attached hydrogen (secondary N) is 2. The van der Waals surface area contributed by atoms with Crippen molar-refractivity contribution < 1.29 is 34.2 Å². The second kappa shape index (κ2) is 16.9. The molecule has 11 nitrogen and oxygen atoms in total. The third-order valence-electron chi connectivity index (χ3n) is 12.6. The molecule has 296 valence electrons. The van der Waals surface area contributed by atoms with Crippen LogP contribution in [-0.2, 0) is 22.6 Å². The number of nitrogens with zero attached hydrogens (tertiary/aromatic N) is 2. The number of ether oxygens (including phenoxy) is 1. The minimum absolute atomic E-state index is 0.0137. The van der Waals surface area contributed by atoms with Crippen molar-refractivity contribution in [2.24, 2.45) is 29.1 Å². The normalized spacial score (nSPS) is 26.8. The quantitative estimate of drug-likeness (QED) is 0.162. The Kier molecular flexibility index (Phi) is 12.5. The summed E-state index contributed by atoms with van der Waals surface area (Å²) in [4.78, 5) is 48.5. The molecule has 1 heterocycles. The maximum atomic E-state index is 14.2. The van der Waals surface area contributed by atoms with Gasteiger partial charge in [0.2, 0.25) is 5.91 Å². The lowest BCUT2D eigenvalue weighted by Gasteiger charge is -2.62. The first-order chi connectivity index (χ1) is 26.2. The Hall–Kier alpha value is -4.13. The Labute approximate surface area is 325 Å². The Morgan fingerprint density at radius 2 is 1.84 bits per heavy atom. The van der Waals surface area contributed by atoms with Crippen LogP contribution in [0.25, 0.3) is 11.1 Å². The monoisotopic (exact) mass is 754 g/mol. The van der Waals surface area contributed by atoms with Crippen molar-refractivity contribution in [1.82, 2.24) is 20.6 Å². The number of carbonyl (C=O) groups excluding carboxylic acids is 3. The molecule has 0 spiro atoms. The molecule has 2 amide bonds. The summed E-state index contributed by atoms with van der Waals surface area (Å²) in [5, 5.41) is 29.3. The van der Waals surface area contributed by atoms with E-state index in [2.05, 4.69) is 31.4 Å². The summed E-state index contributed by atoms with van der Waals surface area (Å²) >= 11 is 0. The molecule has 0 aromatic heterocycles. The van der Waals surface area contributed by atoms with Crippen LogP contribution >= 0.6 is 0 Å². The van der Waals surface area contributed by atoms with Crippen LogP contribution in [0, 0.1) is 29.1 Å². The summed E-state index contributed by atoms with van der Waals surface area (Å²) in [7, 11) is 5.48. The molecular weight excluding hydrogens is 697 g/mol. The van der Waals surface area contributed by atoms with Gasteiger partial charge in [-0.2, -0.15) is 5.06 Å². The van der Waals surface area contributed by atoms with Gasteiger partial charge in [-0.1, -0.05) is 69.3 Å². The van der Waals surface area contributed by atoms with Gasteiger partial charge in [0.1, 0.15) is 24.2 Å². The van der Waals surface area contributed by atoms with Gasteiger partial charge >= 0.3 is 0 Å². The molecule has 9 atom stereocenters. The minimum Gasteiger partial charge on any atom is -0.496 e. The summed E-state index contributed by atoms with van der Waals surface area (Å²) in [6.07, 6.45) is 1.75. The van der Waals surface area contributed by atoms with Crippen molar-refractivity contribution in [3.8, 4) is 16.9 Å². The van der Waals surface area contributed by atoms with Crippen molar-refractivity contribution >= 4 is 18.1 Å². The molecule has 3 aromatic carbocycles.